The lowest BCUT2D eigenvalue weighted by Crippen LogP contribution is -2.25. The van der Waals surface area contributed by atoms with Gasteiger partial charge >= 0.3 is 0 Å². The summed E-state index contributed by atoms with van der Waals surface area (Å²) in [4.78, 5) is 28.1. The molecule has 0 aliphatic carbocycles. The fraction of sp³-hybridized carbons (Fsp3) is 0.280. The average Bonchev–Trinajstić information content (AvgIpc) is 3.21. The normalized spacial score (nSPS) is 11.2. The van der Waals surface area contributed by atoms with Crippen LogP contribution in [-0.4, -0.2) is 19.5 Å². The first-order chi connectivity index (χ1) is 15.7. The van der Waals surface area contributed by atoms with E-state index in [1.54, 1.807) is 37.4 Å². The highest BCUT2D eigenvalue weighted by molar-refractivity contribution is 7.10. The maximum atomic E-state index is 13.3. The fourth-order valence-electron chi connectivity index (χ4n) is 3.49. The highest BCUT2D eigenvalue weighted by Gasteiger charge is 2.17. The molecule has 0 aliphatic heterocycles. The molecule has 0 bridgehead atoms. The van der Waals surface area contributed by atoms with Gasteiger partial charge < -0.3 is 4.74 Å². The smallest absolute Gasteiger partial charge is 0.264 e. The lowest BCUT2D eigenvalue weighted by atomic mass is 10.1. The molecule has 1 aromatic carbocycles. The Kier molecular flexibility index (Phi) is 6.63. The Labute approximate surface area is 201 Å². The van der Waals surface area contributed by atoms with E-state index in [1.807, 2.05) is 44.4 Å². The van der Waals surface area contributed by atoms with Crippen molar-refractivity contribution in [2.75, 3.05) is 0 Å². The van der Waals surface area contributed by atoms with Gasteiger partial charge in [-0.15, -0.1) is 11.3 Å². The van der Waals surface area contributed by atoms with Crippen molar-refractivity contribution in [3.63, 3.8) is 0 Å². The zero-order valence-corrected chi connectivity index (χ0v) is 20.8. The van der Waals surface area contributed by atoms with Crippen LogP contribution in [-0.2, 0) is 6.61 Å². The lowest BCUT2D eigenvalue weighted by Gasteiger charge is -2.16. The van der Waals surface area contributed by atoms with Crippen LogP contribution in [0.4, 0.5) is 0 Å². The molecule has 6 nitrogen and oxygen atoms in total. The SMILES string of the molecule is Cc1cc(COc2nc(C)n(-c3cc(-c4ccnc(C(C)C)n4)ccc3Cl)c(=O)c2C)cs1. The predicted molar refractivity (Wildman–Crippen MR) is 133 cm³/mol. The van der Waals surface area contributed by atoms with E-state index in [9.17, 15) is 4.79 Å². The summed E-state index contributed by atoms with van der Waals surface area (Å²) in [6.07, 6.45) is 1.75. The zero-order chi connectivity index (χ0) is 23.7. The summed E-state index contributed by atoms with van der Waals surface area (Å²) in [7, 11) is 0. The van der Waals surface area contributed by atoms with E-state index in [0.717, 1.165) is 22.6 Å². The number of benzene rings is 1. The van der Waals surface area contributed by atoms with E-state index in [-0.39, 0.29) is 11.5 Å². The van der Waals surface area contributed by atoms with E-state index in [2.05, 4.69) is 21.0 Å². The third kappa shape index (κ3) is 4.84. The molecular formula is C25H25ClN4O2S. The number of hydrogen-bond donors (Lipinski definition) is 0. The molecule has 0 N–H and O–H groups in total. The van der Waals surface area contributed by atoms with Crippen LogP contribution in [0.25, 0.3) is 16.9 Å². The minimum Gasteiger partial charge on any atom is -0.472 e. The van der Waals surface area contributed by atoms with Crippen LogP contribution in [0.3, 0.4) is 0 Å². The summed E-state index contributed by atoms with van der Waals surface area (Å²) >= 11 is 8.19. The molecule has 0 saturated heterocycles. The van der Waals surface area contributed by atoms with E-state index in [4.69, 9.17) is 16.3 Å². The largest absolute Gasteiger partial charge is 0.472 e. The monoisotopic (exact) mass is 480 g/mol. The summed E-state index contributed by atoms with van der Waals surface area (Å²) < 4.78 is 7.40. The molecule has 0 fully saturated rings. The van der Waals surface area contributed by atoms with Gasteiger partial charge in [-0.2, -0.15) is 4.98 Å². The van der Waals surface area contributed by atoms with Crippen molar-refractivity contribution in [1.29, 1.82) is 0 Å². The van der Waals surface area contributed by atoms with Crippen LogP contribution in [0.15, 0.2) is 46.7 Å². The molecule has 170 valence electrons. The fourth-order valence-corrected chi connectivity index (χ4v) is 4.39. The first-order valence-corrected chi connectivity index (χ1v) is 11.9. The van der Waals surface area contributed by atoms with E-state index < -0.39 is 0 Å². The van der Waals surface area contributed by atoms with Gasteiger partial charge in [0.1, 0.15) is 18.3 Å². The molecule has 33 heavy (non-hydrogen) atoms. The molecule has 0 amide bonds. The zero-order valence-electron chi connectivity index (χ0n) is 19.2. The molecule has 0 aliphatic rings. The number of nitrogens with zero attached hydrogens (tertiary/aromatic N) is 4. The molecule has 0 spiro atoms. The van der Waals surface area contributed by atoms with E-state index >= 15 is 0 Å². The summed E-state index contributed by atoms with van der Waals surface area (Å²) in [5.41, 5.74) is 3.43. The van der Waals surface area contributed by atoms with Crippen molar-refractivity contribution in [3.05, 3.63) is 84.9 Å². The summed E-state index contributed by atoms with van der Waals surface area (Å²) in [6.45, 7) is 10.00. The Balaban J connectivity index is 1.73. The van der Waals surface area contributed by atoms with Crippen molar-refractivity contribution >= 4 is 22.9 Å². The van der Waals surface area contributed by atoms with Crippen molar-refractivity contribution in [1.82, 2.24) is 19.5 Å². The standard InChI is InChI=1S/C25H25ClN4O2S/c1-14(2)23-27-9-8-21(29-23)19-6-7-20(26)22(11-19)30-17(5)28-24(16(4)25(30)31)32-12-18-10-15(3)33-13-18/h6-11,13-14H,12H2,1-5H3. The molecule has 0 unspecified atom stereocenters. The molecule has 4 rings (SSSR count). The Morgan fingerprint density at radius 2 is 1.91 bits per heavy atom. The molecule has 0 radical (unpaired) electrons. The van der Waals surface area contributed by atoms with E-state index in [1.165, 1.54) is 9.44 Å². The van der Waals surface area contributed by atoms with Gasteiger partial charge in [0.15, 0.2) is 0 Å². The molecule has 0 atom stereocenters. The van der Waals surface area contributed by atoms with Gasteiger partial charge in [0, 0.05) is 28.1 Å². The molecule has 0 saturated carbocycles. The Morgan fingerprint density at radius 1 is 1.12 bits per heavy atom. The second kappa shape index (κ2) is 9.45. The van der Waals surface area contributed by atoms with Gasteiger partial charge in [-0.25, -0.2) is 9.97 Å². The van der Waals surface area contributed by atoms with Crippen molar-refractivity contribution < 1.29 is 4.74 Å². The quantitative estimate of drug-likeness (QED) is 0.337. The van der Waals surface area contributed by atoms with Crippen LogP contribution >= 0.6 is 22.9 Å². The van der Waals surface area contributed by atoms with Crippen LogP contribution in [0.1, 0.15) is 47.4 Å². The second-order valence-electron chi connectivity index (χ2n) is 8.20. The number of halogens is 1. The van der Waals surface area contributed by atoms with Crippen molar-refractivity contribution in [3.8, 4) is 22.8 Å². The molecule has 3 aromatic heterocycles. The summed E-state index contributed by atoms with van der Waals surface area (Å²) in [5, 5.41) is 2.49. The molecule has 4 aromatic rings. The highest BCUT2D eigenvalue weighted by Crippen LogP contribution is 2.28. The Morgan fingerprint density at radius 3 is 2.61 bits per heavy atom. The number of aryl methyl sites for hydroxylation is 2. The minimum absolute atomic E-state index is 0.207. The van der Waals surface area contributed by atoms with Gasteiger partial charge in [-0.05, 0) is 50.4 Å². The number of rotatable bonds is 6. The maximum Gasteiger partial charge on any atom is 0.264 e. The van der Waals surface area contributed by atoms with Crippen LogP contribution in [0, 0.1) is 20.8 Å². The Hall–Kier alpha value is -3.03. The average molecular weight is 481 g/mol. The van der Waals surface area contributed by atoms with Gasteiger partial charge in [0.25, 0.3) is 5.56 Å². The van der Waals surface area contributed by atoms with Crippen LogP contribution < -0.4 is 10.3 Å². The number of ether oxygens (including phenoxy) is 1. The van der Waals surface area contributed by atoms with Crippen molar-refractivity contribution in [2.24, 2.45) is 0 Å². The third-order valence-electron chi connectivity index (χ3n) is 5.27. The van der Waals surface area contributed by atoms with Crippen LogP contribution in [0.2, 0.25) is 5.02 Å². The van der Waals surface area contributed by atoms with Crippen LogP contribution in [0.5, 0.6) is 5.88 Å². The molecule has 3 heterocycles. The molecule has 8 heteroatoms. The first-order valence-electron chi connectivity index (χ1n) is 10.6. The number of hydrogen-bond acceptors (Lipinski definition) is 6. The van der Waals surface area contributed by atoms with E-state index in [0.29, 0.717) is 34.6 Å². The topological polar surface area (TPSA) is 69.9 Å². The second-order valence-corrected chi connectivity index (χ2v) is 9.73. The number of aromatic nitrogens is 4. The lowest BCUT2D eigenvalue weighted by molar-refractivity contribution is 0.289. The van der Waals surface area contributed by atoms with Gasteiger partial charge in [-0.1, -0.05) is 31.5 Å². The predicted octanol–water partition coefficient (Wildman–Crippen LogP) is 6.03. The Bertz CT molecular complexity index is 1380. The van der Waals surface area contributed by atoms with Gasteiger partial charge in [0.2, 0.25) is 5.88 Å². The first kappa shape index (κ1) is 23.1. The summed E-state index contributed by atoms with van der Waals surface area (Å²) in [6, 6.07) is 9.43. The van der Waals surface area contributed by atoms with Gasteiger partial charge in [0.05, 0.1) is 22.0 Å². The third-order valence-corrected chi connectivity index (χ3v) is 6.50. The maximum absolute atomic E-state index is 13.3. The minimum atomic E-state index is -0.219. The molecular weight excluding hydrogens is 456 g/mol. The highest BCUT2D eigenvalue weighted by atomic mass is 35.5. The number of thiophene rings is 1. The van der Waals surface area contributed by atoms with Crippen molar-refractivity contribution in [2.45, 2.75) is 47.1 Å². The van der Waals surface area contributed by atoms with Gasteiger partial charge in [-0.3, -0.25) is 9.36 Å². The summed E-state index contributed by atoms with van der Waals surface area (Å²) in [5.74, 6) is 1.80.